The van der Waals surface area contributed by atoms with E-state index in [0.29, 0.717) is 11.5 Å². The van der Waals surface area contributed by atoms with Crippen molar-refractivity contribution in [2.45, 2.75) is 31.6 Å². The van der Waals surface area contributed by atoms with Crippen LogP contribution in [-0.2, 0) is 7.05 Å². The smallest absolute Gasteiger partial charge is 0.152 e. The van der Waals surface area contributed by atoms with Crippen molar-refractivity contribution in [3.8, 4) is 0 Å². The summed E-state index contributed by atoms with van der Waals surface area (Å²) in [5.74, 6) is 0.618. The third kappa shape index (κ3) is 1.57. The molecule has 0 unspecified atom stereocenters. The largest absolute Gasteiger partial charge is 0.298 e. The van der Waals surface area contributed by atoms with Crippen LogP contribution in [0.15, 0.2) is 18.2 Å². The van der Waals surface area contributed by atoms with Crippen LogP contribution in [0.3, 0.4) is 0 Å². The molecule has 0 spiro atoms. The number of carbonyl (C=O) groups excluding carboxylic acids is 1. The van der Waals surface area contributed by atoms with Crippen molar-refractivity contribution in [3.63, 3.8) is 0 Å². The number of fused-ring (bicyclic) bond motifs is 1. The zero-order valence-corrected chi connectivity index (χ0v) is 10.0. The third-order valence-electron chi connectivity index (χ3n) is 3.81. The average Bonchev–Trinajstić information content (AvgIpc) is 2.93. The molecule has 3 rings (SSSR count). The van der Waals surface area contributed by atoms with Crippen LogP contribution in [0.2, 0.25) is 0 Å². The quantitative estimate of drug-likeness (QED) is 0.740. The lowest BCUT2D eigenvalue weighted by Gasteiger charge is -2.09. The first-order valence-electron chi connectivity index (χ1n) is 6.22. The van der Waals surface area contributed by atoms with Crippen LogP contribution >= 0.6 is 0 Å². The molecule has 88 valence electrons. The molecular formula is C14H16N2O. The van der Waals surface area contributed by atoms with Crippen LogP contribution < -0.4 is 0 Å². The molecule has 0 aliphatic heterocycles. The van der Waals surface area contributed by atoms with E-state index in [0.717, 1.165) is 17.2 Å². The van der Waals surface area contributed by atoms with Crippen molar-refractivity contribution < 1.29 is 4.79 Å². The number of rotatable bonds is 2. The lowest BCUT2D eigenvalue weighted by atomic mass is 9.99. The molecule has 0 saturated heterocycles. The second-order valence-corrected chi connectivity index (χ2v) is 4.85. The molecule has 1 aromatic heterocycles. The van der Waals surface area contributed by atoms with Gasteiger partial charge in [0.2, 0.25) is 0 Å². The minimum Gasteiger partial charge on any atom is -0.298 e. The fraction of sp³-hybridized carbons (Fsp3) is 0.429. The summed E-state index contributed by atoms with van der Waals surface area (Å²) in [6.45, 7) is 0. The Morgan fingerprint density at radius 2 is 2.12 bits per heavy atom. The van der Waals surface area contributed by atoms with E-state index in [1.54, 1.807) is 0 Å². The van der Waals surface area contributed by atoms with Gasteiger partial charge in [0.15, 0.2) is 6.29 Å². The zero-order chi connectivity index (χ0) is 11.8. The number of aryl methyl sites for hydroxylation is 1. The summed E-state index contributed by atoms with van der Waals surface area (Å²) in [6.07, 6.45) is 6.02. The number of benzene rings is 1. The molecule has 1 heterocycles. The maximum absolute atomic E-state index is 11.0. The molecule has 2 aromatic rings. The number of nitrogens with zero attached hydrogens (tertiary/aromatic N) is 2. The lowest BCUT2D eigenvalue weighted by Crippen LogP contribution is -2.02. The van der Waals surface area contributed by atoms with Crippen LogP contribution in [-0.4, -0.2) is 16.1 Å². The van der Waals surface area contributed by atoms with Crippen molar-refractivity contribution in [3.05, 3.63) is 29.5 Å². The van der Waals surface area contributed by atoms with E-state index in [2.05, 4.69) is 11.2 Å². The maximum atomic E-state index is 11.0. The average molecular weight is 228 g/mol. The highest BCUT2D eigenvalue weighted by Gasteiger charge is 2.23. The van der Waals surface area contributed by atoms with E-state index in [-0.39, 0.29) is 0 Å². The molecule has 3 nitrogen and oxygen atoms in total. The van der Waals surface area contributed by atoms with Crippen molar-refractivity contribution in [2.75, 3.05) is 0 Å². The first-order chi connectivity index (χ1) is 8.31. The molecule has 0 radical (unpaired) electrons. The molecule has 0 bridgehead atoms. The molecule has 1 aliphatic carbocycles. The topological polar surface area (TPSA) is 34.9 Å². The SMILES string of the molecule is Cn1nc2c(C=O)cccc2c1C1CCCC1. The molecule has 0 amide bonds. The van der Waals surface area contributed by atoms with E-state index < -0.39 is 0 Å². The van der Waals surface area contributed by atoms with Gasteiger partial charge in [0.05, 0.1) is 0 Å². The molecule has 3 heteroatoms. The lowest BCUT2D eigenvalue weighted by molar-refractivity contribution is 0.112. The standard InChI is InChI=1S/C14H16N2O/c1-16-14(10-5-2-3-6-10)12-8-4-7-11(9-17)13(12)15-16/h4,7-10H,2-3,5-6H2,1H3. The highest BCUT2D eigenvalue weighted by molar-refractivity contribution is 5.96. The third-order valence-corrected chi connectivity index (χ3v) is 3.81. The van der Waals surface area contributed by atoms with E-state index in [1.807, 2.05) is 23.9 Å². The Morgan fingerprint density at radius 1 is 1.35 bits per heavy atom. The highest BCUT2D eigenvalue weighted by Crippen LogP contribution is 2.37. The van der Waals surface area contributed by atoms with Gasteiger partial charge in [0.1, 0.15) is 5.52 Å². The van der Waals surface area contributed by atoms with Gasteiger partial charge in [0.25, 0.3) is 0 Å². The van der Waals surface area contributed by atoms with Crippen molar-refractivity contribution >= 4 is 17.2 Å². The Labute approximate surface area is 100 Å². The van der Waals surface area contributed by atoms with Crippen molar-refractivity contribution in [1.82, 2.24) is 9.78 Å². The van der Waals surface area contributed by atoms with Gasteiger partial charge in [-0.3, -0.25) is 9.48 Å². The summed E-state index contributed by atoms with van der Waals surface area (Å²) in [6, 6.07) is 5.87. The number of hydrogen-bond acceptors (Lipinski definition) is 2. The molecule has 0 atom stereocenters. The second kappa shape index (κ2) is 3.99. The Bertz CT molecular complexity index is 565. The minimum absolute atomic E-state index is 0.618. The molecule has 1 aromatic carbocycles. The highest BCUT2D eigenvalue weighted by atomic mass is 16.1. The Balaban J connectivity index is 2.23. The predicted molar refractivity (Wildman–Crippen MR) is 67.3 cm³/mol. The van der Waals surface area contributed by atoms with Crippen molar-refractivity contribution in [2.24, 2.45) is 7.05 Å². The summed E-state index contributed by atoms with van der Waals surface area (Å²) in [7, 11) is 1.99. The predicted octanol–water partition coefficient (Wildman–Crippen LogP) is 3.04. The van der Waals surface area contributed by atoms with Crippen LogP contribution in [0.1, 0.15) is 47.7 Å². The Kier molecular flexibility index (Phi) is 2.46. The minimum atomic E-state index is 0.618. The first-order valence-corrected chi connectivity index (χ1v) is 6.22. The summed E-state index contributed by atoms with van der Waals surface area (Å²) >= 11 is 0. The van der Waals surface area contributed by atoms with Crippen molar-refractivity contribution in [1.29, 1.82) is 0 Å². The summed E-state index contributed by atoms with van der Waals surface area (Å²) in [4.78, 5) is 11.0. The molecule has 1 aliphatic rings. The van der Waals surface area contributed by atoms with Crippen LogP contribution in [0, 0.1) is 0 Å². The number of aromatic nitrogens is 2. The molecule has 0 N–H and O–H groups in total. The summed E-state index contributed by atoms with van der Waals surface area (Å²) in [5.41, 5.74) is 2.86. The maximum Gasteiger partial charge on any atom is 0.152 e. The monoisotopic (exact) mass is 228 g/mol. The second-order valence-electron chi connectivity index (χ2n) is 4.85. The van der Waals surface area contributed by atoms with E-state index in [1.165, 1.54) is 31.4 Å². The van der Waals surface area contributed by atoms with Gasteiger partial charge in [-0.25, -0.2) is 0 Å². The number of carbonyl (C=O) groups is 1. The number of aldehydes is 1. The van der Waals surface area contributed by atoms with Gasteiger partial charge >= 0.3 is 0 Å². The van der Waals surface area contributed by atoms with E-state index >= 15 is 0 Å². The Hall–Kier alpha value is -1.64. The van der Waals surface area contributed by atoms with Gasteiger partial charge in [-0.1, -0.05) is 25.0 Å². The molecule has 17 heavy (non-hydrogen) atoms. The van der Waals surface area contributed by atoms with Crippen LogP contribution in [0.4, 0.5) is 0 Å². The van der Waals surface area contributed by atoms with Gasteiger partial charge in [-0.15, -0.1) is 0 Å². The first kappa shape index (κ1) is 10.5. The molecule has 1 fully saturated rings. The number of hydrogen-bond donors (Lipinski definition) is 0. The molecule has 1 saturated carbocycles. The Morgan fingerprint density at radius 3 is 2.82 bits per heavy atom. The van der Waals surface area contributed by atoms with E-state index in [9.17, 15) is 4.79 Å². The normalized spacial score (nSPS) is 16.8. The summed E-state index contributed by atoms with van der Waals surface area (Å²) < 4.78 is 1.97. The van der Waals surface area contributed by atoms with Gasteiger partial charge < -0.3 is 0 Å². The zero-order valence-electron chi connectivity index (χ0n) is 10.0. The van der Waals surface area contributed by atoms with Crippen LogP contribution in [0.5, 0.6) is 0 Å². The van der Waals surface area contributed by atoms with Gasteiger partial charge in [0, 0.05) is 29.6 Å². The summed E-state index contributed by atoms with van der Waals surface area (Å²) in [5, 5.41) is 5.67. The fourth-order valence-electron chi connectivity index (χ4n) is 3.04. The van der Waals surface area contributed by atoms with Gasteiger partial charge in [-0.2, -0.15) is 5.10 Å². The molecular weight excluding hydrogens is 212 g/mol. The van der Waals surface area contributed by atoms with E-state index in [4.69, 9.17) is 0 Å². The fourth-order valence-corrected chi connectivity index (χ4v) is 3.04. The van der Waals surface area contributed by atoms with Gasteiger partial charge in [-0.05, 0) is 18.9 Å². The van der Waals surface area contributed by atoms with Crippen LogP contribution in [0.25, 0.3) is 10.9 Å².